The van der Waals surface area contributed by atoms with Crippen LogP contribution in [-0.2, 0) is 19.9 Å². The normalized spacial score (nSPS) is 12.4. The molecule has 7 nitrogen and oxygen atoms in total. The molecule has 13 heteroatoms. The molecule has 3 aromatic rings. The second-order valence-electron chi connectivity index (χ2n) is 6.01. The average Bonchev–Trinajstić information content (AvgIpc) is 3.16. The van der Waals surface area contributed by atoms with Crippen LogP contribution in [0.2, 0.25) is 0 Å². The summed E-state index contributed by atoms with van der Waals surface area (Å²) in [6.07, 6.45) is 0. The van der Waals surface area contributed by atoms with E-state index in [2.05, 4.69) is 10.0 Å². The smallest absolute Gasteiger partial charge is 0.321 e. The van der Waals surface area contributed by atoms with E-state index >= 15 is 0 Å². The number of anilines is 2. The molecule has 0 saturated carbocycles. The van der Waals surface area contributed by atoms with E-state index in [9.17, 15) is 34.8 Å². The van der Waals surface area contributed by atoms with Gasteiger partial charge in [0.15, 0.2) is 0 Å². The summed E-state index contributed by atoms with van der Waals surface area (Å²) in [6.45, 7) is 0. The maximum Gasteiger partial charge on any atom is 0.501 e. The summed E-state index contributed by atoms with van der Waals surface area (Å²) in [7, 11) is -9.45. The minimum Gasteiger partial charge on any atom is -0.321 e. The molecule has 2 N–H and O–H groups in total. The van der Waals surface area contributed by atoms with E-state index in [0.717, 1.165) is 23.5 Å². The van der Waals surface area contributed by atoms with Crippen molar-refractivity contribution in [3.05, 3.63) is 70.9 Å². The molecule has 0 spiro atoms. The standard InChI is InChI=1S/C18H13F3N2O5S3/c19-18(20,21)30(25,26)13-8-6-12(7-9-13)22-17(24)16-15(10-11-29-16)23-31(27,28)14-4-2-1-3-5-14/h1-11,23H,(H,22,24). The third kappa shape index (κ3) is 4.89. The molecule has 0 saturated heterocycles. The van der Waals surface area contributed by atoms with Crippen LogP contribution < -0.4 is 10.0 Å². The number of hydrogen-bond acceptors (Lipinski definition) is 6. The summed E-state index contributed by atoms with van der Waals surface area (Å²) < 4.78 is 87.8. The minimum absolute atomic E-state index is 0.00554. The van der Waals surface area contributed by atoms with Crippen LogP contribution >= 0.6 is 11.3 Å². The number of halogens is 3. The van der Waals surface area contributed by atoms with Crippen LogP contribution in [0.1, 0.15) is 9.67 Å². The van der Waals surface area contributed by atoms with Gasteiger partial charge in [0, 0.05) is 5.69 Å². The molecule has 0 aliphatic rings. The number of carbonyl (C=O) groups excluding carboxylic acids is 1. The maximum absolute atomic E-state index is 12.6. The number of sulfonamides is 1. The highest BCUT2D eigenvalue weighted by atomic mass is 32.2. The molecule has 31 heavy (non-hydrogen) atoms. The number of hydrogen-bond donors (Lipinski definition) is 2. The molecule has 0 bridgehead atoms. The fraction of sp³-hybridized carbons (Fsp3) is 0.0556. The van der Waals surface area contributed by atoms with Gasteiger partial charge in [-0.2, -0.15) is 13.2 Å². The number of amides is 1. The average molecular weight is 491 g/mol. The first-order valence-electron chi connectivity index (χ1n) is 8.30. The Morgan fingerprint density at radius 1 is 0.839 bits per heavy atom. The number of sulfone groups is 1. The van der Waals surface area contributed by atoms with Crippen LogP contribution in [0.4, 0.5) is 24.5 Å². The highest BCUT2D eigenvalue weighted by Crippen LogP contribution is 2.31. The van der Waals surface area contributed by atoms with Crippen molar-refractivity contribution in [2.75, 3.05) is 10.0 Å². The first-order valence-corrected chi connectivity index (χ1v) is 12.1. The highest BCUT2D eigenvalue weighted by Gasteiger charge is 2.46. The number of carbonyl (C=O) groups is 1. The summed E-state index contributed by atoms with van der Waals surface area (Å²) in [5.41, 5.74) is -5.40. The molecular weight excluding hydrogens is 477 g/mol. The van der Waals surface area contributed by atoms with Crippen LogP contribution in [-0.4, -0.2) is 28.3 Å². The zero-order valence-corrected chi connectivity index (χ0v) is 17.7. The lowest BCUT2D eigenvalue weighted by molar-refractivity contribution is -0.0436. The molecule has 0 aliphatic heterocycles. The van der Waals surface area contributed by atoms with Gasteiger partial charge in [-0.05, 0) is 47.8 Å². The molecule has 2 aromatic carbocycles. The third-order valence-electron chi connectivity index (χ3n) is 3.90. The van der Waals surface area contributed by atoms with Crippen molar-refractivity contribution in [1.82, 2.24) is 0 Å². The van der Waals surface area contributed by atoms with Gasteiger partial charge >= 0.3 is 5.51 Å². The van der Waals surface area contributed by atoms with Gasteiger partial charge in [0.05, 0.1) is 15.5 Å². The molecule has 0 atom stereocenters. The molecule has 1 amide bonds. The number of alkyl halides is 3. The van der Waals surface area contributed by atoms with E-state index in [4.69, 9.17) is 0 Å². The van der Waals surface area contributed by atoms with E-state index in [1.807, 2.05) is 0 Å². The Kier molecular flexibility index (Phi) is 6.11. The molecule has 164 valence electrons. The fourth-order valence-electron chi connectivity index (χ4n) is 2.41. The second-order valence-corrected chi connectivity index (χ2v) is 10.5. The lowest BCUT2D eigenvalue weighted by Gasteiger charge is -2.11. The second kappa shape index (κ2) is 8.32. The molecule has 0 radical (unpaired) electrons. The van der Waals surface area contributed by atoms with Crippen LogP contribution in [0.3, 0.4) is 0 Å². The van der Waals surface area contributed by atoms with Gasteiger partial charge in [0.1, 0.15) is 4.88 Å². The number of thiophene rings is 1. The van der Waals surface area contributed by atoms with E-state index in [1.54, 1.807) is 18.2 Å². The molecule has 0 fully saturated rings. The van der Waals surface area contributed by atoms with Crippen LogP contribution in [0.25, 0.3) is 0 Å². The van der Waals surface area contributed by atoms with Gasteiger partial charge < -0.3 is 5.32 Å². The van der Waals surface area contributed by atoms with Crippen molar-refractivity contribution in [2.45, 2.75) is 15.3 Å². The van der Waals surface area contributed by atoms with E-state index < -0.39 is 36.2 Å². The first-order chi connectivity index (χ1) is 14.4. The quantitative estimate of drug-likeness (QED) is 0.541. The Morgan fingerprint density at radius 2 is 1.45 bits per heavy atom. The van der Waals surface area contributed by atoms with E-state index in [1.165, 1.54) is 23.6 Å². The molecule has 1 heterocycles. The Labute approximate surface area is 179 Å². The van der Waals surface area contributed by atoms with Gasteiger partial charge in [-0.15, -0.1) is 11.3 Å². The van der Waals surface area contributed by atoms with Crippen molar-refractivity contribution in [2.24, 2.45) is 0 Å². The molecule has 3 rings (SSSR count). The van der Waals surface area contributed by atoms with Crippen molar-refractivity contribution in [3.8, 4) is 0 Å². The van der Waals surface area contributed by atoms with Crippen molar-refractivity contribution in [1.29, 1.82) is 0 Å². The summed E-state index contributed by atoms with van der Waals surface area (Å²) >= 11 is 0.940. The van der Waals surface area contributed by atoms with E-state index in [0.29, 0.717) is 12.1 Å². The van der Waals surface area contributed by atoms with Gasteiger partial charge in [-0.3, -0.25) is 9.52 Å². The summed E-state index contributed by atoms with van der Waals surface area (Å²) in [5.74, 6) is -0.729. The van der Waals surface area contributed by atoms with Crippen molar-refractivity contribution < 1.29 is 34.8 Å². The topological polar surface area (TPSA) is 109 Å². The van der Waals surface area contributed by atoms with Gasteiger partial charge in [-0.25, -0.2) is 16.8 Å². The lowest BCUT2D eigenvalue weighted by atomic mass is 10.3. The molecule has 0 aliphatic carbocycles. The van der Waals surface area contributed by atoms with Crippen molar-refractivity contribution in [3.63, 3.8) is 0 Å². The maximum atomic E-state index is 12.6. The predicted octanol–water partition coefficient (Wildman–Crippen LogP) is 4.09. The summed E-state index contributed by atoms with van der Waals surface area (Å²) in [6, 6.07) is 12.3. The lowest BCUT2D eigenvalue weighted by Crippen LogP contribution is -2.23. The zero-order chi connectivity index (χ0) is 22.9. The Bertz CT molecular complexity index is 1300. The third-order valence-corrected chi connectivity index (χ3v) is 7.69. The largest absolute Gasteiger partial charge is 0.501 e. The number of rotatable bonds is 6. The Hall–Kier alpha value is -2.90. The van der Waals surface area contributed by atoms with Gasteiger partial charge in [-0.1, -0.05) is 18.2 Å². The van der Waals surface area contributed by atoms with Gasteiger partial charge in [0.2, 0.25) is 0 Å². The fourth-order valence-corrected chi connectivity index (χ4v) is 5.07. The zero-order valence-electron chi connectivity index (χ0n) is 15.3. The van der Waals surface area contributed by atoms with Crippen LogP contribution in [0.5, 0.6) is 0 Å². The van der Waals surface area contributed by atoms with Gasteiger partial charge in [0.25, 0.3) is 25.8 Å². The summed E-state index contributed by atoms with van der Waals surface area (Å²) in [4.78, 5) is 11.6. The SMILES string of the molecule is O=C(Nc1ccc(S(=O)(=O)C(F)(F)F)cc1)c1sccc1NS(=O)(=O)c1ccccc1. The van der Waals surface area contributed by atoms with E-state index in [-0.39, 0.29) is 21.1 Å². The predicted molar refractivity (Wildman–Crippen MR) is 109 cm³/mol. The highest BCUT2D eigenvalue weighted by molar-refractivity contribution is 7.92. The molecular formula is C18H13F3N2O5S3. The monoisotopic (exact) mass is 490 g/mol. The number of benzene rings is 2. The number of nitrogens with one attached hydrogen (secondary N) is 2. The molecule has 0 unspecified atom stereocenters. The summed E-state index contributed by atoms with van der Waals surface area (Å²) in [5, 5.41) is 3.87. The first kappa shape index (κ1) is 22.8. The minimum atomic E-state index is -5.51. The molecule has 1 aromatic heterocycles. The van der Waals surface area contributed by atoms with Crippen LogP contribution in [0.15, 0.2) is 75.8 Å². The Morgan fingerprint density at radius 3 is 2.03 bits per heavy atom. The van der Waals surface area contributed by atoms with Crippen molar-refractivity contribution >= 4 is 48.5 Å². The Balaban J connectivity index is 1.78. The van der Waals surface area contributed by atoms with Crippen LogP contribution in [0, 0.1) is 0 Å².